The van der Waals surface area contributed by atoms with Gasteiger partial charge in [-0.15, -0.1) is 11.6 Å². The Labute approximate surface area is 59.7 Å². The molecule has 0 radical (unpaired) electrons. The molecule has 0 aromatic carbocycles. The number of carbonyl (C=O) groups is 1. The largest absolute Gasteiger partial charge is 0.366 e. The molecule has 1 amide bonds. The Hall–Kier alpha value is -0.500. The summed E-state index contributed by atoms with van der Waals surface area (Å²) in [4.78, 5) is 10.3. The van der Waals surface area contributed by atoms with Gasteiger partial charge in [0.2, 0.25) is 5.91 Å². The van der Waals surface area contributed by atoms with Gasteiger partial charge in [0, 0.05) is 11.5 Å². The molecule has 2 N–H and O–H groups in total. The van der Waals surface area contributed by atoms with Crippen LogP contribution in [0.25, 0.3) is 0 Å². The predicted molar refractivity (Wildman–Crippen MR) is 38.3 cm³/mol. The van der Waals surface area contributed by atoms with Crippen molar-refractivity contribution in [3.8, 4) is 0 Å². The highest BCUT2D eigenvalue weighted by molar-refractivity contribution is 6.17. The van der Waals surface area contributed by atoms with Gasteiger partial charge >= 0.3 is 0 Å². The van der Waals surface area contributed by atoms with E-state index < -0.39 is 0 Å². The number of hydrogen-bond acceptors (Lipinski definition) is 1. The third kappa shape index (κ3) is 4.03. The second-order valence-electron chi connectivity index (χ2n) is 1.73. The van der Waals surface area contributed by atoms with Gasteiger partial charge in [-0.1, -0.05) is 6.08 Å². The third-order valence-corrected chi connectivity index (χ3v) is 1.17. The van der Waals surface area contributed by atoms with Crippen molar-refractivity contribution in [3.63, 3.8) is 0 Å². The Balaban J connectivity index is 3.69. The van der Waals surface area contributed by atoms with Crippen molar-refractivity contribution in [2.45, 2.75) is 13.3 Å². The van der Waals surface area contributed by atoms with Crippen molar-refractivity contribution < 1.29 is 4.79 Å². The maximum Gasteiger partial charge on any atom is 0.244 e. The van der Waals surface area contributed by atoms with Gasteiger partial charge in [0.05, 0.1) is 0 Å². The van der Waals surface area contributed by atoms with Crippen molar-refractivity contribution in [1.29, 1.82) is 0 Å². The second-order valence-corrected chi connectivity index (χ2v) is 2.11. The monoisotopic (exact) mass is 147 g/mol. The smallest absolute Gasteiger partial charge is 0.244 e. The Bertz CT molecular complexity index is 131. The molecule has 0 saturated heterocycles. The van der Waals surface area contributed by atoms with Crippen LogP contribution in [0.15, 0.2) is 11.6 Å². The van der Waals surface area contributed by atoms with Crippen molar-refractivity contribution in [2.24, 2.45) is 5.73 Å². The Morgan fingerprint density at radius 3 is 2.67 bits per heavy atom. The van der Waals surface area contributed by atoms with Gasteiger partial charge in [0.25, 0.3) is 0 Å². The minimum atomic E-state index is -0.375. The molecule has 0 spiro atoms. The van der Waals surface area contributed by atoms with E-state index >= 15 is 0 Å². The number of alkyl halides is 1. The molecule has 0 unspecified atom stereocenters. The maximum atomic E-state index is 10.3. The van der Waals surface area contributed by atoms with E-state index in [1.54, 1.807) is 13.0 Å². The van der Waals surface area contributed by atoms with Gasteiger partial charge in [-0.2, -0.15) is 0 Å². The van der Waals surface area contributed by atoms with Crippen LogP contribution in [0, 0.1) is 0 Å². The summed E-state index contributed by atoms with van der Waals surface area (Å²) in [6.07, 6.45) is 2.44. The van der Waals surface area contributed by atoms with Crippen LogP contribution in [-0.4, -0.2) is 11.8 Å². The van der Waals surface area contributed by atoms with Crippen molar-refractivity contribution in [2.75, 3.05) is 5.88 Å². The Morgan fingerprint density at radius 1 is 1.78 bits per heavy atom. The van der Waals surface area contributed by atoms with E-state index in [2.05, 4.69) is 0 Å². The lowest BCUT2D eigenvalue weighted by Crippen LogP contribution is -2.11. The first kappa shape index (κ1) is 8.50. The topological polar surface area (TPSA) is 43.1 Å². The molecule has 0 rings (SSSR count). The average molecular weight is 148 g/mol. The summed E-state index contributed by atoms with van der Waals surface area (Å²) in [6.45, 7) is 1.68. The average Bonchev–Trinajstić information content (AvgIpc) is 1.82. The highest BCUT2D eigenvalue weighted by Gasteiger charge is 1.93. The van der Waals surface area contributed by atoms with Gasteiger partial charge in [-0.05, 0) is 13.3 Å². The molecule has 9 heavy (non-hydrogen) atoms. The van der Waals surface area contributed by atoms with Crippen molar-refractivity contribution >= 4 is 17.5 Å². The van der Waals surface area contributed by atoms with Crippen molar-refractivity contribution in [3.05, 3.63) is 11.6 Å². The number of primary amides is 1. The van der Waals surface area contributed by atoms with E-state index in [4.69, 9.17) is 17.3 Å². The molecular weight excluding hydrogens is 138 g/mol. The molecule has 0 heterocycles. The van der Waals surface area contributed by atoms with Crippen LogP contribution < -0.4 is 5.73 Å². The molecule has 0 fully saturated rings. The lowest BCUT2D eigenvalue weighted by Gasteiger charge is -1.90. The first-order valence-electron chi connectivity index (χ1n) is 2.71. The normalized spacial score (nSPS) is 11.6. The fourth-order valence-electron chi connectivity index (χ4n) is 0.372. The van der Waals surface area contributed by atoms with Crippen LogP contribution in [0.3, 0.4) is 0 Å². The van der Waals surface area contributed by atoms with E-state index in [0.29, 0.717) is 17.9 Å². The Morgan fingerprint density at radius 2 is 2.33 bits per heavy atom. The summed E-state index contributed by atoms with van der Waals surface area (Å²) in [6, 6.07) is 0. The minimum Gasteiger partial charge on any atom is -0.366 e. The molecular formula is C6H10ClNO. The number of nitrogens with two attached hydrogens (primary N) is 1. The molecule has 0 saturated carbocycles. The first-order chi connectivity index (χ1) is 4.18. The van der Waals surface area contributed by atoms with E-state index in [9.17, 15) is 4.79 Å². The zero-order chi connectivity index (χ0) is 7.28. The summed E-state index contributed by atoms with van der Waals surface area (Å²) in [5, 5.41) is 0. The summed E-state index contributed by atoms with van der Waals surface area (Å²) >= 11 is 5.35. The van der Waals surface area contributed by atoms with Crippen molar-refractivity contribution in [1.82, 2.24) is 0 Å². The SMILES string of the molecule is CC(=CCCCl)C(N)=O. The highest BCUT2D eigenvalue weighted by Crippen LogP contribution is 1.94. The lowest BCUT2D eigenvalue weighted by atomic mass is 10.2. The highest BCUT2D eigenvalue weighted by atomic mass is 35.5. The quantitative estimate of drug-likeness (QED) is 0.471. The summed E-state index contributed by atoms with van der Waals surface area (Å²) in [5.41, 5.74) is 5.51. The van der Waals surface area contributed by atoms with Gasteiger partial charge in [-0.25, -0.2) is 0 Å². The van der Waals surface area contributed by atoms with Crippen LogP contribution in [0.5, 0.6) is 0 Å². The van der Waals surface area contributed by atoms with E-state index in [-0.39, 0.29) is 5.91 Å². The summed E-state index contributed by atoms with van der Waals surface area (Å²) in [5.74, 6) is 0.157. The molecule has 0 aliphatic rings. The number of allylic oxidation sites excluding steroid dienone is 1. The maximum absolute atomic E-state index is 10.3. The standard InChI is InChI=1S/C6H10ClNO/c1-5(6(8)9)3-2-4-7/h3H,2,4H2,1H3,(H2,8,9). The summed E-state index contributed by atoms with van der Waals surface area (Å²) in [7, 11) is 0. The van der Waals surface area contributed by atoms with Crippen LogP contribution in [0.1, 0.15) is 13.3 Å². The fourth-order valence-corrected chi connectivity index (χ4v) is 0.481. The first-order valence-corrected chi connectivity index (χ1v) is 3.24. The van der Waals surface area contributed by atoms with Crippen LogP contribution in [0.4, 0.5) is 0 Å². The van der Waals surface area contributed by atoms with Crippen LogP contribution in [0.2, 0.25) is 0 Å². The molecule has 0 bridgehead atoms. The number of hydrogen-bond donors (Lipinski definition) is 1. The number of rotatable bonds is 3. The predicted octanol–water partition coefficient (Wildman–Crippen LogP) is 1.05. The Kier molecular flexibility index (Phi) is 4.14. The fraction of sp³-hybridized carbons (Fsp3) is 0.500. The second kappa shape index (κ2) is 4.39. The molecule has 0 aromatic rings. The van der Waals surface area contributed by atoms with Gasteiger partial charge in [-0.3, -0.25) is 4.79 Å². The van der Waals surface area contributed by atoms with Gasteiger partial charge in [0.1, 0.15) is 0 Å². The molecule has 0 aliphatic carbocycles. The molecule has 3 heteroatoms. The van der Waals surface area contributed by atoms with Gasteiger partial charge < -0.3 is 5.73 Å². The molecule has 52 valence electrons. The van der Waals surface area contributed by atoms with Gasteiger partial charge in [0.15, 0.2) is 0 Å². The number of carbonyl (C=O) groups excluding carboxylic acids is 1. The lowest BCUT2D eigenvalue weighted by molar-refractivity contribution is -0.114. The number of amides is 1. The zero-order valence-corrected chi connectivity index (χ0v) is 6.11. The van der Waals surface area contributed by atoms with Crippen LogP contribution in [-0.2, 0) is 4.79 Å². The van der Waals surface area contributed by atoms with E-state index in [1.165, 1.54) is 0 Å². The zero-order valence-electron chi connectivity index (χ0n) is 5.36. The number of halogens is 1. The molecule has 2 nitrogen and oxygen atoms in total. The molecule has 0 aliphatic heterocycles. The summed E-state index contributed by atoms with van der Waals surface area (Å²) < 4.78 is 0. The molecule has 0 atom stereocenters. The third-order valence-electron chi connectivity index (χ3n) is 0.948. The molecule has 0 aromatic heterocycles. The minimum absolute atomic E-state index is 0.375. The van der Waals surface area contributed by atoms with E-state index in [0.717, 1.165) is 0 Å². The van der Waals surface area contributed by atoms with Crippen LogP contribution >= 0.6 is 11.6 Å². The van der Waals surface area contributed by atoms with E-state index in [1.807, 2.05) is 0 Å².